The van der Waals surface area contributed by atoms with Crippen molar-refractivity contribution in [1.29, 1.82) is 0 Å². The third-order valence-corrected chi connectivity index (χ3v) is 6.76. The first-order valence-corrected chi connectivity index (χ1v) is 11.6. The van der Waals surface area contributed by atoms with Gasteiger partial charge in [-0.25, -0.2) is 4.79 Å². The first-order valence-electron chi connectivity index (χ1n) is 10.5. The molecule has 6 heteroatoms. The maximum atomic E-state index is 13.5. The molecule has 2 N–H and O–H groups in total. The number of unbranched alkanes of at least 4 members (excludes halogenated alkanes) is 1. The van der Waals surface area contributed by atoms with Gasteiger partial charge in [0.15, 0.2) is 6.10 Å². The van der Waals surface area contributed by atoms with Gasteiger partial charge in [0.1, 0.15) is 17.1 Å². The molecule has 0 aromatic heterocycles. The quantitative estimate of drug-likeness (QED) is 0.523. The molecule has 5 nitrogen and oxygen atoms in total. The average Bonchev–Trinajstić information content (AvgIpc) is 2.82. The van der Waals surface area contributed by atoms with Crippen molar-refractivity contribution in [2.24, 2.45) is 5.73 Å². The second kappa shape index (κ2) is 9.54. The molecule has 160 valence electrons. The molecule has 31 heavy (non-hydrogen) atoms. The van der Waals surface area contributed by atoms with Crippen LogP contribution in [0.5, 0.6) is 0 Å². The number of rotatable bonds is 7. The van der Waals surface area contributed by atoms with Crippen molar-refractivity contribution in [2.75, 3.05) is 5.75 Å². The summed E-state index contributed by atoms with van der Waals surface area (Å²) >= 11 is 1.59. The van der Waals surface area contributed by atoms with Crippen LogP contribution in [0.25, 0.3) is 0 Å². The van der Waals surface area contributed by atoms with Gasteiger partial charge in [0.05, 0.1) is 0 Å². The van der Waals surface area contributed by atoms with Crippen molar-refractivity contribution in [3.05, 3.63) is 95.2 Å². The predicted octanol–water partition coefficient (Wildman–Crippen LogP) is 4.17. The highest BCUT2D eigenvalue weighted by molar-refractivity contribution is 8.00. The van der Waals surface area contributed by atoms with Crippen LogP contribution in [0.2, 0.25) is 0 Å². The van der Waals surface area contributed by atoms with Crippen LogP contribution in [0.3, 0.4) is 0 Å². The van der Waals surface area contributed by atoms with Crippen LogP contribution in [0, 0.1) is 0 Å². The van der Waals surface area contributed by atoms with Crippen molar-refractivity contribution >= 4 is 23.6 Å². The summed E-state index contributed by atoms with van der Waals surface area (Å²) in [5, 5.41) is -0.217. The number of carbonyl (C=O) groups excluding carboxylic acids is 2. The molecule has 1 unspecified atom stereocenters. The lowest BCUT2D eigenvalue weighted by atomic mass is 10.0. The van der Waals surface area contributed by atoms with Gasteiger partial charge >= 0.3 is 5.97 Å². The fourth-order valence-electron chi connectivity index (χ4n) is 3.80. The lowest BCUT2D eigenvalue weighted by molar-refractivity contribution is -0.153. The van der Waals surface area contributed by atoms with Crippen molar-refractivity contribution in [1.82, 2.24) is 4.90 Å². The Hall–Kier alpha value is -2.83. The monoisotopic (exact) mass is 434 g/mol. The zero-order valence-corrected chi connectivity index (χ0v) is 18.3. The number of nitrogens with zero attached hydrogens (tertiary/aromatic N) is 1. The Morgan fingerprint density at radius 2 is 1.77 bits per heavy atom. The summed E-state index contributed by atoms with van der Waals surface area (Å²) in [5.41, 5.74) is 8.86. The maximum Gasteiger partial charge on any atom is 0.356 e. The van der Waals surface area contributed by atoms with Crippen molar-refractivity contribution in [3.63, 3.8) is 0 Å². The molecule has 2 heterocycles. The number of fused-ring (bicyclic) bond motifs is 1. The molecule has 0 aliphatic carbocycles. The van der Waals surface area contributed by atoms with Gasteiger partial charge in [0.2, 0.25) is 5.91 Å². The van der Waals surface area contributed by atoms with E-state index in [0.717, 1.165) is 29.5 Å². The van der Waals surface area contributed by atoms with Crippen LogP contribution < -0.4 is 5.73 Å². The Bertz CT molecular complexity index is 964. The van der Waals surface area contributed by atoms with Gasteiger partial charge in [-0.2, -0.15) is 0 Å². The highest BCUT2D eigenvalue weighted by Gasteiger charge is 2.52. The van der Waals surface area contributed by atoms with E-state index in [1.807, 2.05) is 72.8 Å². The fraction of sp³-hybridized carbons (Fsp3) is 0.280. The standard InChI is InChI=1S/C25H26N2O3S/c1-2-3-6-15-19-16-31-24-20(26)23(28)27(24)21(19)25(29)30-22(17-11-7-4-8-12-17)18-13-9-5-10-14-18/h4-15,20,22,24H,2-3,16,26H2,1H3/b15-6+/t20?,24-/m1/s1. The number of esters is 1. The third kappa shape index (κ3) is 4.31. The van der Waals surface area contributed by atoms with Gasteiger partial charge in [-0.3, -0.25) is 9.69 Å². The predicted molar refractivity (Wildman–Crippen MR) is 123 cm³/mol. The average molecular weight is 435 g/mol. The summed E-state index contributed by atoms with van der Waals surface area (Å²) in [7, 11) is 0. The van der Waals surface area contributed by atoms with Crippen LogP contribution in [0.15, 0.2) is 84.1 Å². The molecule has 2 aromatic rings. The van der Waals surface area contributed by atoms with E-state index >= 15 is 0 Å². The van der Waals surface area contributed by atoms with E-state index in [-0.39, 0.29) is 11.3 Å². The number of thioether (sulfide) groups is 1. The van der Waals surface area contributed by atoms with Crippen LogP contribution in [0.1, 0.15) is 37.0 Å². The molecular formula is C25H26N2O3S. The van der Waals surface area contributed by atoms with E-state index in [2.05, 4.69) is 6.92 Å². The number of amides is 1. The minimum absolute atomic E-state index is 0.217. The second-order valence-electron chi connectivity index (χ2n) is 7.61. The van der Waals surface area contributed by atoms with E-state index in [1.165, 1.54) is 4.90 Å². The van der Waals surface area contributed by atoms with Gasteiger partial charge in [-0.05, 0) is 23.1 Å². The lowest BCUT2D eigenvalue weighted by Gasteiger charge is -2.48. The topological polar surface area (TPSA) is 72.6 Å². The first-order chi connectivity index (χ1) is 15.1. The van der Waals surface area contributed by atoms with Gasteiger partial charge in [-0.15, -0.1) is 11.8 Å². The highest BCUT2D eigenvalue weighted by atomic mass is 32.2. The molecule has 1 saturated heterocycles. The number of hydrogen-bond acceptors (Lipinski definition) is 5. The molecule has 2 atom stereocenters. The van der Waals surface area contributed by atoms with E-state index in [4.69, 9.17) is 10.5 Å². The van der Waals surface area contributed by atoms with E-state index in [9.17, 15) is 9.59 Å². The van der Waals surface area contributed by atoms with Gasteiger partial charge in [0.25, 0.3) is 0 Å². The number of hydrogen-bond donors (Lipinski definition) is 1. The molecule has 1 fully saturated rings. The van der Waals surface area contributed by atoms with Crippen molar-refractivity contribution in [2.45, 2.75) is 37.3 Å². The molecule has 0 spiro atoms. The minimum Gasteiger partial charge on any atom is -0.448 e. The second-order valence-corrected chi connectivity index (χ2v) is 8.71. The van der Waals surface area contributed by atoms with Crippen molar-refractivity contribution in [3.8, 4) is 0 Å². The van der Waals surface area contributed by atoms with E-state index in [0.29, 0.717) is 11.4 Å². The number of carbonyl (C=O) groups is 2. The molecule has 0 radical (unpaired) electrons. The Morgan fingerprint density at radius 1 is 1.16 bits per heavy atom. The van der Waals surface area contributed by atoms with E-state index < -0.39 is 18.1 Å². The first kappa shape index (κ1) is 21.4. The summed E-state index contributed by atoms with van der Waals surface area (Å²) < 4.78 is 6.06. The minimum atomic E-state index is -0.576. The van der Waals surface area contributed by atoms with Crippen molar-refractivity contribution < 1.29 is 14.3 Å². The van der Waals surface area contributed by atoms with E-state index in [1.54, 1.807) is 11.8 Å². The van der Waals surface area contributed by atoms with Crippen LogP contribution in [-0.2, 0) is 14.3 Å². The van der Waals surface area contributed by atoms with Crippen LogP contribution in [-0.4, -0.2) is 33.9 Å². The Labute approximate surface area is 187 Å². The number of benzene rings is 2. The third-order valence-electron chi connectivity index (χ3n) is 5.44. The SMILES string of the molecule is CCC/C=C/C1=C(C(=O)OC(c2ccccc2)c2ccccc2)N2C(=O)C(N)[C@H]2SC1. The summed E-state index contributed by atoms with van der Waals surface area (Å²) in [4.78, 5) is 27.5. The Kier molecular flexibility index (Phi) is 6.59. The zero-order valence-electron chi connectivity index (χ0n) is 17.4. The fourth-order valence-corrected chi connectivity index (χ4v) is 5.06. The lowest BCUT2D eigenvalue weighted by Crippen LogP contribution is -2.68. The molecule has 2 aromatic carbocycles. The van der Waals surface area contributed by atoms with Gasteiger partial charge in [0, 0.05) is 5.75 Å². The summed E-state index contributed by atoms with van der Waals surface area (Å²) in [6.07, 6.45) is 5.34. The molecular weight excluding hydrogens is 408 g/mol. The molecule has 4 rings (SSSR count). The maximum absolute atomic E-state index is 13.5. The number of nitrogens with two attached hydrogens (primary N) is 1. The molecule has 1 amide bonds. The molecule has 0 saturated carbocycles. The Balaban J connectivity index is 1.69. The largest absolute Gasteiger partial charge is 0.448 e. The van der Waals surface area contributed by atoms with Crippen LogP contribution in [0.4, 0.5) is 0 Å². The summed E-state index contributed by atoms with van der Waals surface area (Å²) in [6.45, 7) is 2.10. The van der Waals surface area contributed by atoms with Crippen LogP contribution >= 0.6 is 11.8 Å². The normalized spacial score (nSPS) is 20.7. The van der Waals surface area contributed by atoms with Gasteiger partial charge < -0.3 is 10.5 Å². The molecule has 2 aliphatic heterocycles. The number of ether oxygens (including phenoxy) is 1. The number of allylic oxidation sites excluding steroid dienone is 2. The summed E-state index contributed by atoms with van der Waals surface area (Å²) in [5.74, 6) is -0.116. The molecule has 0 bridgehead atoms. The van der Waals surface area contributed by atoms with Gasteiger partial charge in [-0.1, -0.05) is 86.2 Å². The highest BCUT2D eigenvalue weighted by Crippen LogP contribution is 2.41. The smallest absolute Gasteiger partial charge is 0.356 e. The molecule has 2 aliphatic rings. The Morgan fingerprint density at radius 3 is 2.35 bits per heavy atom. The summed E-state index contributed by atoms with van der Waals surface area (Å²) in [6, 6.07) is 18.7. The zero-order chi connectivity index (χ0) is 21.8. The number of β-lactam (4-membered cyclic amide) rings is 1.